The third kappa shape index (κ3) is 6.49. The van der Waals surface area contributed by atoms with Gasteiger partial charge < -0.3 is 15.2 Å². The van der Waals surface area contributed by atoms with Gasteiger partial charge in [-0.2, -0.15) is 0 Å². The van der Waals surface area contributed by atoms with E-state index in [4.69, 9.17) is 4.74 Å². The molecule has 0 aliphatic carbocycles. The average Bonchev–Trinajstić information content (AvgIpc) is 2.38. The van der Waals surface area contributed by atoms with E-state index in [1.54, 1.807) is 12.1 Å². The van der Waals surface area contributed by atoms with E-state index in [1.807, 2.05) is 0 Å². The number of aliphatic hydroxyl groups excluding tert-OH is 1. The van der Waals surface area contributed by atoms with Crippen molar-refractivity contribution in [2.75, 3.05) is 19.7 Å². The zero-order valence-corrected chi connectivity index (χ0v) is 11.9. The van der Waals surface area contributed by atoms with Crippen LogP contribution in [0, 0.1) is 16.0 Å². The lowest BCUT2D eigenvalue weighted by Crippen LogP contribution is -2.30. The number of nitro groups is 1. The molecule has 6 nitrogen and oxygen atoms in total. The molecule has 1 atom stereocenters. The molecular formula is C14H22N2O4. The summed E-state index contributed by atoms with van der Waals surface area (Å²) in [4.78, 5) is 10.0. The van der Waals surface area contributed by atoms with Gasteiger partial charge in [0.2, 0.25) is 0 Å². The molecule has 1 aromatic carbocycles. The molecule has 0 radical (unpaired) electrons. The predicted molar refractivity (Wildman–Crippen MR) is 76.9 cm³/mol. The highest BCUT2D eigenvalue weighted by Gasteiger charge is 2.06. The number of benzene rings is 1. The van der Waals surface area contributed by atoms with Crippen LogP contribution >= 0.6 is 0 Å². The van der Waals surface area contributed by atoms with Gasteiger partial charge in [-0.15, -0.1) is 0 Å². The summed E-state index contributed by atoms with van der Waals surface area (Å²) in [5.74, 6) is 1.07. The molecule has 2 N–H and O–H groups in total. The number of non-ortho nitro benzene ring substituents is 1. The molecule has 1 unspecified atom stereocenters. The summed E-state index contributed by atoms with van der Waals surface area (Å²) in [6.45, 7) is 5.75. The maximum Gasteiger partial charge on any atom is 0.269 e. The van der Waals surface area contributed by atoms with Crippen molar-refractivity contribution < 1.29 is 14.8 Å². The van der Waals surface area contributed by atoms with Gasteiger partial charge in [-0.05, 0) is 24.5 Å². The van der Waals surface area contributed by atoms with Crippen LogP contribution in [0.4, 0.5) is 5.69 Å². The van der Waals surface area contributed by atoms with E-state index in [-0.39, 0.29) is 11.8 Å². The molecule has 1 aromatic rings. The van der Waals surface area contributed by atoms with Crippen molar-refractivity contribution in [3.05, 3.63) is 34.4 Å². The molecule has 0 bridgehead atoms. The van der Waals surface area contributed by atoms with Gasteiger partial charge in [-0.3, -0.25) is 10.1 Å². The largest absolute Gasteiger partial charge is 0.492 e. The Balaban J connectivity index is 2.16. The van der Waals surface area contributed by atoms with Crippen molar-refractivity contribution in [1.29, 1.82) is 0 Å². The first-order valence-electron chi connectivity index (χ1n) is 6.75. The molecule has 0 spiro atoms. The number of aliphatic hydroxyl groups is 1. The molecular weight excluding hydrogens is 260 g/mol. The lowest BCUT2D eigenvalue weighted by atomic mass is 10.1. The van der Waals surface area contributed by atoms with Gasteiger partial charge >= 0.3 is 0 Å². The first-order chi connectivity index (χ1) is 9.49. The van der Waals surface area contributed by atoms with Crippen LogP contribution in [-0.2, 0) is 0 Å². The normalized spacial score (nSPS) is 12.4. The fourth-order valence-corrected chi connectivity index (χ4v) is 1.80. The van der Waals surface area contributed by atoms with E-state index in [0.717, 1.165) is 6.42 Å². The maximum absolute atomic E-state index is 10.5. The summed E-state index contributed by atoms with van der Waals surface area (Å²) in [5, 5.41) is 23.2. The van der Waals surface area contributed by atoms with E-state index in [1.165, 1.54) is 12.1 Å². The fourth-order valence-electron chi connectivity index (χ4n) is 1.80. The molecule has 0 amide bonds. The Hall–Kier alpha value is -1.66. The zero-order valence-electron chi connectivity index (χ0n) is 11.9. The molecule has 0 aliphatic rings. The molecule has 112 valence electrons. The number of rotatable bonds is 9. The van der Waals surface area contributed by atoms with Crippen molar-refractivity contribution in [2.45, 2.75) is 26.4 Å². The van der Waals surface area contributed by atoms with Crippen LogP contribution in [0.2, 0.25) is 0 Å². The maximum atomic E-state index is 10.5. The molecule has 1 rings (SSSR count). The van der Waals surface area contributed by atoms with Crippen LogP contribution in [0.25, 0.3) is 0 Å². The number of hydrogen-bond acceptors (Lipinski definition) is 5. The smallest absolute Gasteiger partial charge is 0.269 e. The highest BCUT2D eigenvalue weighted by molar-refractivity contribution is 5.35. The summed E-state index contributed by atoms with van der Waals surface area (Å²) in [7, 11) is 0. The van der Waals surface area contributed by atoms with Gasteiger partial charge in [0.25, 0.3) is 5.69 Å². The van der Waals surface area contributed by atoms with Gasteiger partial charge in [0, 0.05) is 25.2 Å². The fraction of sp³-hybridized carbons (Fsp3) is 0.571. The van der Waals surface area contributed by atoms with E-state index in [2.05, 4.69) is 19.2 Å². The molecule has 0 aromatic heterocycles. The Bertz CT molecular complexity index is 406. The summed E-state index contributed by atoms with van der Waals surface area (Å²) < 4.78 is 5.44. The van der Waals surface area contributed by atoms with Crippen molar-refractivity contribution in [3.8, 4) is 5.75 Å². The Morgan fingerprint density at radius 2 is 2.00 bits per heavy atom. The summed E-state index contributed by atoms with van der Waals surface area (Å²) in [5.41, 5.74) is 0.0484. The minimum atomic E-state index is -0.443. The minimum absolute atomic E-state index is 0.0484. The van der Waals surface area contributed by atoms with E-state index in [9.17, 15) is 15.2 Å². The molecule has 20 heavy (non-hydrogen) atoms. The van der Waals surface area contributed by atoms with Crippen LogP contribution in [0.3, 0.4) is 0 Å². The second-order valence-electron chi connectivity index (χ2n) is 5.09. The molecule has 0 aliphatic heterocycles. The number of nitro benzene ring substituents is 1. The Morgan fingerprint density at radius 3 is 2.55 bits per heavy atom. The first-order valence-corrected chi connectivity index (χ1v) is 6.75. The number of nitrogens with one attached hydrogen (secondary N) is 1. The van der Waals surface area contributed by atoms with Crippen LogP contribution in [-0.4, -0.2) is 35.8 Å². The Labute approximate surface area is 118 Å². The standard InChI is InChI=1S/C14H22N2O4/c1-11(2)9-13(17)10-15-7-8-20-14-5-3-12(4-6-14)16(18)19/h3-6,11,13,15,17H,7-10H2,1-2H3. The monoisotopic (exact) mass is 282 g/mol. The van der Waals surface area contributed by atoms with Gasteiger partial charge in [0.15, 0.2) is 0 Å². The molecule has 0 heterocycles. The second kappa shape index (κ2) is 8.50. The molecule has 0 fully saturated rings. The molecule has 6 heteroatoms. The van der Waals surface area contributed by atoms with Crippen molar-refractivity contribution in [2.24, 2.45) is 5.92 Å². The van der Waals surface area contributed by atoms with Crippen LogP contribution in [0.5, 0.6) is 5.75 Å². The van der Waals surface area contributed by atoms with Gasteiger partial charge in [0.05, 0.1) is 11.0 Å². The zero-order chi connectivity index (χ0) is 15.0. The van der Waals surface area contributed by atoms with Crippen molar-refractivity contribution in [1.82, 2.24) is 5.32 Å². The average molecular weight is 282 g/mol. The van der Waals surface area contributed by atoms with Crippen LogP contribution in [0.1, 0.15) is 20.3 Å². The topological polar surface area (TPSA) is 84.6 Å². The lowest BCUT2D eigenvalue weighted by Gasteiger charge is -2.14. The minimum Gasteiger partial charge on any atom is -0.492 e. The first kappa shape index (κ1) is 16.4. The Kier molecular flexibility index (Phi) is 6.97. The van der Waals surface area contributed by atoms with Gasteiger partial charge in [-0.1, -0.05) is 13.8 Å². The highest BCUT2D eigenvalue weighted by Crippen LogP contribution is 2.16. The van der Waals surface area contributed by atoms with Crippen LogP contribution < -0.4 is 10.1 Å². The second-order valence-corrected chi connectivity index (χ2v) is 5.09. The van der Waals surface area contributed by atoms with E-state index >= 15 is 0 Å². The number of hydrogen-bond donors (Lipinski definition) is 2. The Morgan fingerprint density at radius 1 is 1.35 bits per heavy atom. The summed E-state index contributed by atoms with van der Waals surface area (Å²) in [6.07, 6.45) is 0.435. The van der Waals surface area contributed by atoms with Crippen molar-refractivity contribution >= 4 is 5.69 Å². The van der Waals surface area contributed by atoms with Gasteiger partial charge in [-0.25, -0.2) is 0 Å². The summed E-state index contributed by atoms with van der Waals surface area (Å²) >= 11 is 0. The number of nitrogens with zero attached hydrogens (tertiary/aromatic N) is 1. The van der Waals surface area contributed by atoms with E-state index < -0.39 is 4.92 Å². The van der Waals surface area contributed by atoms with Crippen LogP contribution in [0.15, 0.2) is 24.3 Å². The highest BCUT2D eigenvalue weighted by atomic mass is 16.6. The SMILES string of the molecule is CC(C)CC(O)CNCCOc1ccc([N+](=O)[O-])cc1. The molecule has 0 saturated carbocycles. The third-order valence-electron chi connectivity index (χ3n) is 2.72. The van der Waals surface area contributed by atoms with E-state index in [0.29, 0.717) is 31.4 Å². The van der Waals surface area contributed by atoms with Crippen molar-refractivity contribution in [3.63, 3.8) is 0 Å². The number of ether oxygens (including phenoxy) is 1. The predicted octanol–water partition coefficient (Wildman–Crippen LogP) is 1.97. The third-order valence-corrected chi connectivity index (χ3v) is 2.72. The van der Waals surface area contributed by atoms with Gasteiger partial charge in [0.1, 0.15) is 12.4 Å². The lowest BCUT2D eigenvalue weighted by molar-refractivity contribution is -0.384. The summed E-state index contributed by atoms with van der Waals surface area (Å²) in [6, 6.07) is 5.97. The molecule has 0 saturated heterocycles. The quantitative estimate of drug-likeness (QED) is 0.411.